The van der Waals surface area contributed by atoms with Gasteiger partial charge in [-0.3, -0.25) is 0 Å². The van der Waals surface area contributed by atoms with Crippen LogP contribution in [-0.4, -0.2) is 7.11 Å². The summed E-state index contributed by atoms with van der Waals surface area (Å²) in [5.41, 5.74) is 3.22. The molecule has 0 saturated carbocycles. The molecule has 0 fully saturated rings. The molecule has 0 aliphatic rings. The second kappa shape index (κ2) is 6.51. The molecule has 0 bridgehead atoms. The van der Waals surface area contributed by atoms with Crippen molar-refractivity contribution in [2.24, 2.45) is 0 Å². The van der Waals surface area contributed by atoms with Crippen molar-refractivity contribution < 1.29 is 4.74 Å². The van der Waals surface area contributed by atoms with Crippen LogP contribution in [0.3, 0.4) is 0 Å². The van der Waals surface area contributed by atoms with E-state index in [1.165, 1.54) is 5.56 Å². The number of ether oxygens (including phenoxy) is 1. The van der Waals surface area contributed by atoms with Gasteiger partial charge in [-0.05, 0) is 38.1 Å². The summed E-state index contributed by atoms with van der Waals surface area (Å²) in [6, 6.07) is 12.0. The van der Waals surface area contributed by atoms with E-state index in [2.05, 4.69) is 41.2 Å². The van der Waals surface area contributed by atoms with Crippen LogP contribution in [-0.2, 0) is 0 Å². The Labute approximate surface area is 133 Å². The van der Waals surface area contributed by atoms with E-state index in [-0.39, 0.29) is 6.04 Å². The van der Waals surface area contributed by atoms with Crippen LogP contribution >= 0.6 is 27.5 Å². The lowest BCUT2D eigenvalue weighted by Crippen LogP contribution is -2.09. The third-order valence-corrected chi connectivity index (χ3v) is 3.97. The molecule has 20 heavy (non-hydrogen) atoms. The van der Waals surface area contributed by atoms with E-state index in [1.807, 2.05) is 30.3 Å². The van der Waals surface area contributed by atoms with Crippen molar-refractivity contribution in [2.75, 3.05) is 12.4 Å². The van der Waals surface area contributed by atoms with Gasteiger partial charge < -0.3 is 10.1 Å². The molecule has 106 valence electrons. The highest BCUT2D eigenvalue weighted by molar-refractivity contribution is 9.10. The summed E-state index contributed by atoms with van der Waals surface area (Å²) in [5, 5.41) is 4.13. The number of benzene rings is 2. The Bertz CT molecular complexity index is 615. The molecule has 0 aromatic heterocycles. The number of halogens is 2. The lowest BCUT2D eigenvalue weighted by atomic mass is 10.0. The molecule has 4 heteroatoms. The number of hydrogen-bond acceptors (Lipinski definition) is 2. The van der Waals surface area contributed by atoms with E-state index in [0.717, 1.165) is 21.5 Å². The van der Waals surface area contributed by atoms with Gasteiger partial charge >= 0.3 is 0 Å². The van der Waals surface area contributed by atoms with E-state index >= 15 is 0 Å². The summed E-state index contributed by atoms with van der Waals surface area (Å²) in [6.45, 7) is 4.16. The van der Waals surface area contributed by atoms with Gasteiger partial charge in [0.1, 0.15) is 5.75 Å². The topological polar surface area (TPSA) is 21.3 Å². The standard InChI is InChI=1S/C16H17BrClNO/c1-10-4-7-16(20-3)13(8-10)11(2)19-15-9-12(17)5-6-14(15)18/h4-9,11,19H,1-3H3. The second-order valence-electron chi connectivity index (χ2n) is 4.74. The van der Waals surface area contributed by atoms with Crippen molar-refractivity contribution in [3.63, 3.8) is 0 Å². The second-order valence-corrected chi connectivity index (χ2v) is 6.06. The van der Waals surface area contributed by atoms with Crippen LogP contribution in [0.5, 0.6) is 5.75 Å². The van der Waals surface area contributed by atoms with Crippen molar-refractivity contribution in [1.82, 2.24) is 0 Å². The Morgan fingerprint density at radius 3 is 2.65 bits per heavy atom. The van der Waals surface area contributed by atoms with Gasteiger partial charge in [-0.25, -0.2) is 0 Å². The van der Waals surface area contributed by atoms with Crippen molar-refractivity contribution in [2.45, 2.75) is 19.9 Å². The highest BCUT2D eigenvalue weighted by atomic mass is 79.9. The fraction of sp³-hybridized carbons (Fsp3) is 0.250. The molecule has 2 nitrogen and oxygen atoms in total. The number of methoxy groups -OCH3 is 1. The van der Waals surface area contributed by atoms with Crippen LogP contribution in [0.25, 0.3) is 0 Å². The molecule has 0 amide bonds. The molecular formula is C16H17BrClNO. The maximum Gasteiger partial charge on any atom is 0.124 e. The average molecular weight is 355 g/mol. The summed E-state index contributed by atoms with van der Waals surface area (Å²) in [7, 11) is 1.69. The first kappa shape index (κ1) is 15.2. The van der Waals surface area contributed by atoms with Crippen LogP contribution in [0.1, 0.15) is 24.1 Å². The summed E-state index contributed by atoms with van der Waals surface area (Å²) in [6.07, 6.45) is 0. The highest BCUT2D eigenvalue weighted by Crippen LogP contribution is 2.32. The van der Waals surface area contributed by atoms with Gasteiger partial charge in [0, 0.05) is 10.0 Å². The Morgan fingerprint density at radius 1 is 1.20 bits per heavy atom. The molecule has 0 radical (unpaired) electrons. The normalized spacial score (nSPS) is 12.1. The zero-order valence-corrected chi connectivity index (χ0v) is 14.0. The Morgan fingerprint density at radius 2 is 1.95 bits per heavy atom. The van der Waals surface area contributed by atoms with Crippen LogP contribution < -0.4 is 10.1 Å². The molecule has 1 unspecified atom stereocenters. The minimum Gasteiger partial charge on any atom is -0.496 e. The zero-order chi connectivity index (χ0) is 14.7. The minimum absolute atomic E-state index is 0.0941. The third kappa shape index (κ3) is 3.47. The maximum atomic E-state index is 6.22. The average Bonchev–Trinajstić information content (AvgIpc) is 2.42. The van der Waals surface area contributed by atoms with Crippen LogP contribution in [0.4, 0.5) is 5.69 Å². The predicted molar refractivity (Wildman–Crippen MR) is 88.9 cm³/mol. The molecular weight excluding hydrogens is 338 g/mol. The van der Waals surface area contributed by atoms with Crippen molar-refractivity contribution in [3.05, 3.63) is 57.0 Å². The monoisotopic (exact) mass is 353 g/mol. The molecule has 1 atom stereocenters. The Balaban J connectivity index is 2.30. The third-order valence-electron chi connectivity index (χ3n) is 3.15. The zero-order valence-electron chi connectivity index (χ0n) is 11.7. The van der Waals surface area contributed by atoms with Gasteiger partial charge in [0.15, 0.2) is 0 Å². The number of rotatable bonds is 4. The largest absolute Gasteiger partial charge is 0.496 e. The molecule has 0 saturated heterocycles. The van der Waals surface area contributed by atoms with Crippen molar-refractivity contribution in [3.8, 4) is 5.75 Å². The maximum absolute atomic E-state index is 6.22. The summed E-state index contributed by atoms with van der Waals surface area (Å²) >= 11 is 9.68. The summed E-state index contributed by atoms with van der Waals surface area (Å²) < 4.78 is 6.42. The quantitative estimate of drug-likeness (QED) is 0.772. The van der Waals surface area contributed by atoms with E-state index in [9.17, 15) is 0 Å². The van der Waals surface area contributed by atoms with E-state index in [1.54, 1.807) is 7.11 Å². The van der Waals surface area contributed by atoms with Gasteiger partial charge in [0.25, 0.3) is 0 Å². The van der Waals surface area contributed by atoms with Crippen molar-refractivity contribution >= 4 is 33.2 Å². The summed E-state index contributed by atoms with van der Waals surface area (Å²) in [4.78, 5) is 0. The molecule has 2 aromatic rings. The lowest BCUT2D eigenvalue weighted by Gasteiger charge is -2.20. The molecule has 0 heterocycles. The van der Waals surface area contributed by atoms with Crippen LogP contribution in [0.2, 0.25) is 5.02 Å². The first-order chi connectivity index (χ1) is 9.51. The number of anilines is 1. The first-order valence-corrected chi connectivity index (χ1v) is 7.54. The molecule has 2 aromatic carbocycles. The lowest BCUT2D eigenvalue weighted by molar-refractivity contribution is 0.408. The summed E-state index contributed by atoms with van der Waals surface area (Å²) in [5.74, 6) is 0.877. The van der Waals surface area contributed by atoms with Crippen LogP contribution in [0, 0.1) is 6.92 Å². The Hall–Kier alpha value is -1.19. The molecule has 0 aliphatic carbocycles. The Kier molecular flexibility index (Phi) is 4.95. The van der Waals surface area contributed by atoms with Gasteiger partial charge in [0.05, 0.1) is 23.9 Å². The predicted octanol–water partition coefficient (Wildman–Crippen LogP) is 5.59. The molecule has 1 N–H and O–H groups in total. The van der Waals surface area contributed by atoms with Crippen molar-refractivity contribution in [1.29, 1.82) is 0 Å². The van der Waals surface area contributed by atoms with Crippen LogP contribution in [0.15, 0.2) is 40.9 Å². The van der Waals surface area contributed by atoms with E-state index in [0.29, 0.717) is 5.02 Å². The number of hydrogen-bond donors (Lipinski definition) is 1. The van der Waals surface area contributed by atoms with E-state index in [4.69, 9.17) is 16.3 Å². The SMILES string of the molecule is COc1ccc(C)cc1C(C)Nc1cc(Br)ccc1Cl. The minimum atomic E-state index is 0.0941. The molecule has 2 rings (SSSR count). The fourth-order valence-electron chi connectivity index (χ4n) is 2.11. The fourth-order valence-corrected chi connectivity index (χ4v) is 2.64. The smallest absolute Gasteiger partial charge is 0.124 e. The van der Waals surface area contributed by atoms with Gasteiger partial charge in [0.2, 0.25) is 0 Å². The first-order valence-electron chi connectivity index (χ1n) is 6.37. The van der Waals surface area contributed by atoms with Gasteiger partial charge in [-0.1, -0.05) is 45.2 Å². The van der Waals surface area contributed by atoms with Gasteiger partial charge in [-0.15, -0.1) is 0 Å². The van der Waals surface area contributed by atoms with E-state index < -0.39 is 0 Å². The molecule has 0 spiro atoms. The molecule has 0 aliphatic heterocycles. The highest BCUT2D eigenvalue weighted by Gasteiger charge is 2.13. The van der Waals surface area contributed by atoms with Gasteiger partial charge in [-0.2, -0.15) is 0 Å². The number of nitrogens with one attached hydrogen (secondary N) is 1. The number of aryl methyl sites for hydroxylation is 1.